The summed E-state index contributed by atoms with van der Waals surface area (Å²) >= 11 is 0. The summed E-state index contributed by atoms with van der Waals surface area (Å²) in [5.74, 6) is 0.288. The molecule has 154 valence electrons. The number of oxazole rings is 1. The molecule has 0 aliphatic heterocycles. The van der Waals surface area contributed by atoms with E-state index in [-0.39, 0.29) is 12.5 Å². The molecule has 2 heterocycles. The Morgan fingerprint density at radius 1 is 1.17 bits per heavy atom. The molecule has 0 radical (unpaired) electrons. The molecule has 0 saturated heterocycles. The Hall–Kier alpha value is -2.80. The van der Waals surface area contributed by atoms with Crippen molar-refractivity contribution in [2.24, 2.45) is 0 Å². The van der Waals surface area contributed by atoms with Gasteiger partial charge in [0.2, 0.25) is 5.91 Å². The number of rotatable bonds is 9. The summed E-state index contributed by atoms with van der Waals surface area (Å²) in [6.07, 6.45) is 7.58. The van der Waals surface area contributed by atoms with Gasteiger partial charge in [-0.2, -0.15) is 0 Å². The number of carbonyl (C=O) groups excluding carboxylic acids is 1. The molecule has 1 amide bonds. The molecule has 0 bridgehead atoms. The first-order valence-corrected chi connectivity index (χ1v) is 10.3. The van der Waals surface area contributed by atoms with E-state index in [0.717, 1.165) is 25.3 Å². The number of nitrogens with zero attached hydrogens (tertiary/aromatic N) is 2. The van der Waals surface area contributed by atoms with Crippen molar-refractivity contribution in [2.75, 3.05) is 13.1 Å². The standard InChI is InChI=1S/C22H27N3O4/c26-21(16-25-19-10-3-4-11-20(19)29-22(25)27)23-12-6-13-24(17-7-1-2-8-17)15-18-9-5-14-28-18/h3-5,9-11,14,17H,1-2,6-8,12-13,15-16H2,(H,23,26). The van der Waals surface area contributed by atoms with E-state index in [9.17, 15) is 9.59 Å². The van der Waals surface area contributed by atoms with Crippen LogP contribution in [0.2, 0.25) is 0 Å². The van der Waals surface area contributed by atoms with Crippen LogP contribution in [-0.2, 0) is 17.9 Å². The molecule has 0 spiro atoms. The minimum atomic E-state index is -0.507. The van der Waals surface area contributed by atoms with Gasteiger partial charge in [0.15, 0.2) is 5.58 Å². The molecule has 1 aromatic carbocycles. The van der Waals surface area contributed by atoms with E-state index < -0.39 is 5.76 Å². The number of fused-ring (bicyclic) bond motifs is 1. The zero-order chi connectivity index (χ0) is 20.1. The van der Waals surface area contributed by atoms with Gasteiger partial charge >= 0.3 is 5.76 Å². The molecule has 7 heteroatoms. The van der Waals surface area contributed by atoms with Gasteiger partial charge < -0.3 is 14.2 Å². The molecule has 2 aromatic heterocycles. The highest BCUT2D eigenvalue weighted by Gasteiger charge is 2.23. The number of hydrogen-bond acceptors (Lipinski definition) is 5. The Kier molecular flexibility index (Phi) is 6.14. The monoisotopic (exact) mass is 397 g/mol. The lowest BCUT2D eigenvalue weighted by molar-refractivity contribution is -0.121. The van der Waals surface area contributed by atoms with Crippen molar-refractivity contribution in [3.05, 3.63) is 59.0 Å². The number of para-hydroxylation sites is 2. The lowest BCUT2D eigenvalue weighted by atomic mass is 10.2. The van der Waals surface area contributed by atoms with Crippen molar-refractivity contribution in [2.45, 2.75) is 51.2 Å². The SMILES string of the molecule is O=C(Cn1c(=O)oc2ccccc21)NCCCN(Cc1ccco1)C1CCCC1. The highest BCUT2D eigenvalue weighted by atomic mass is 16.4. The molecule has 1 fully saturated rings. The summed E-state index contributed by atoms with van der Waals surface area (Å²) in [6, 6.07) is 11.6. The highest BCUT2D eigenvalue weighted by molar-refractivity contribution is 5.79. The van der Waals surface area contributed by atoms with Crippen LogP contribution in [0.3, 0.4) is 0 Å². The fourth-order valence-corrected chi connectivity index (χ4v) is 4.14. The lowest BCUT2D eigenvalue weighted by Crippen LogP contribution is -2.36. The Morgan fingerprint density at radius 3 is 2.79 bits per heavy atom. The fourth-order valence-electron chi connectivity index (χ4n) is 4.14. The van der Waals surface area contributed by atoms with E-state index in [1.54, 1.807) is 24.5 Å². The average Bonchev–Trinajstić information content (AvgIpc) is 3.47. The van der Waals surface area contributed by atoms with Crippen molar-refractivity contribution in [1.29, 1.82) is 0 Å². The second-order valence-corrected chi connectivity index (χ2v) is 7.61. The quantitative estimate of drug-likeness (QED) is 0.561. The van der Waals surface area contributed by atoms with Gasteiger partial charge in [0, 0.05) is 19.1 Å². The molecular formula is C22H27N3O4. The smallest absolute Gasteiger partial charge is 0.420 e. The van der Waals surface area contributed by atoms with Gasteiger partial charge in [-0.1, -0.05) is 25.0 Å². The summed E-state index contributed by atoms with van der Waals surface area (Å²) in [6.45, 7) is 2.25. The zero-order valence-electron chi connectivity index (χ0n) is 16.5. The zero-order valence-corrected chi connectivity index (χ0v) is 16.5. The first-order chi connectivity index (χ1) is 14.2. The molecular weight excluding hydrogens is 370 g/mol. The third-order valence-corrected chi connectivity index (χ3v) is 5.60. The Labute approximate surface area is 169 Å². The van der Waals surface area contributed by atoms with Gasteiger partial charge in [-0.15, -0.1) is 0 Å². The maximum atomic E-state index is 12.3. The second-order valence-electron chi connectivity index (χ2n) is 7.61. The number of furan rings is 1. The van der Waals surface area contributed by atoms with E-state index in [4.69, 9.17) is 8.83 Å². The summed E-state index contributed by atoms with van der Waals surface area (Å²) in [4.78, 5) is 26.8. The molecule has 1 saturated carbocycles. The highest BCUT2D eigenvalue weighted by Crippen LogP contribution is 2.25. The first kappa shape index (κ1) is 19.5. The number of carbonyl (C=O) groups is 1. The number of hydrogen-bond donors (Lipinski definition) is 1. The largest absolute Gasteiger partial charge is 0.468 e. The third-order valence-electron chi connectivity index (χ3n) is 5.60. The van der Waals surface area contributed by atoms with Crippen molar-refractivity contribution < 1.29 is 13.6 Å². The Morgan fingerprint density at radius 2 is 2.00 bits per heavy atom. The van der Waals surface area contributed by atoms with Crippen LogP contribution in [0.25, 0.3) is 11.1 Å². The molecule has 0 unspecified atom stereocenters. The predicted molar refractivity (Wildman–Crippen MR) is 109 cm³/mol. The van der Waals surface area contributed by atoms with Crippen LogP contribution in [0.1, 0.15) is 37.9 Å². The molecule has 0 atom stereocenters. The maximum absolute atomic E-state index is 12.3. The minimum absolute atomic E-state index is 0.0332. The number of amides is 1. The number of nitrogens with one attached hydrogen (secondary N) is 1. The van der Waals surface area contributed by atoms with Crippen LogP contribution < -0.4 is 11.1 Å². The molecule has 29 heavy (non-hydrogen) atoms. The molecule has 4 rings (SSSR count). The van der Waals surface area contributed by atoms with Crippen molar-refractivity contribution in [3.8, 4) is 0 Å². The first-order valence-electron chi connectivity index (χ1n) is 10.3. The minimum Gasteiger partial charge on any atom is -0.468 e. The van der Waals surface area contributed by atoms with E-state index >= 15 is 0 Å². The number of benzene rings is 1. The Bertz CT molecular complexity index is 983. The lowest BCUT2D eigenvalue weighted by Gasteiger charge is -2.28. The molecule has 1 N–H and O–H groups in total. The summed E-state index contributed by atoms with van der Waals surface area (Å²) < 4.78 is 12.1. The van der Waals surface area contributed by atoms with Gasteiger partial charge in [0.05, 0.1) is 18.3 Å². The van der Waals surface area contributed by atoms with Crippen LogP contribution in [-0.4, -0.2) is 34.5 Å². The Balaban J connectivity index is 1.27. The summed E-state index contributed by atoms with van der Waals surface area (Å²) in [5, 5.41) is 2.93. The van der Waals surface area contributed by atoms with E-state index in [2.05, 4.69) is 10.2 Å². The summed E-state index contributed by atoms with van der Waals surface area (Å²) in [5.41, 5.74) is 1.13. The van der Waals surface area contributed by atoms with Crippen molar-refractivity contribution >= 4 is 17.0 Å². The normalized spacial score (nSPS) is 14.8. The van der Waals surface area contributed by atoms with Gasteiger partial charge in [0.1, 0.15) is 12.3 Å². The summed E-state index contributed by atoms with van der Waals surface area (Å²) in [7, 11) is 0. The fraction of sp³-hybridized carbons (Fsp3) is 0.455. The third kappa shape index (κ3) is 4.79. The van der Waals surface area contributed by atoms with E-state index in [0.29, 0.717) is 23.7 Å². The van der Waals surface area contributed by atoms with Gasteiger partial charge in [-0.3, -0.25) is 14.3 Å². The van der Waals surface area contributed by atoms with Crippen molar-refractivity contribution in [1.82, 2.24) is 14.8 Å². The van der Waals surface area contributed by atoms with E-state index in [1.165, 1.54) is 30.3 Å². The van der Waals surface area contributed by atoms with Crippen molar-refractivity contribution in [3.63, 3.8) is 0 Å². The molecule has 3 aromatic rings. The molecule has 7 nitrogen and oxygen atoms in total. The average molecular weight is 397 g/mol. The van der Waals surface area contributed by atoms with Crippen LogP contribution >= 0.6 is 0 Å². The maximum Gasteiger partial charge on any atom is 0.420 e. The van der Waals surface area contributed by atoms with E-state index in [1.807, 2.05) is 18.2 Å². The topological polar surface area (TPSA) is 80.6 Å². The van der Waals surface area contributed by atoms with Gasteiger partial charge in [0.25, 0.3) is 0 Å². The van der Waals surface area contributed by atoms with Crippen LogP contribution in [0.15, 0.2) is 56.3 Å². The predicted octanol–water partition coefficient (Wildman–Crippen LogP) is 3.14. The molecule has 1 aliphatic rings. The van der Waals surface area contributed by atoms with Crippen LogP contribution in [0.4, 0.5) is 0 Å². The molecule has 1 aliphatic carbocycles. The van der Waals surface area contributed by atoms with Gasteiger partial charge in [-0.05, 0) is 43.5 Å². The van der Waals surface area contributed by atoms with Gasteiger partial charge in [-0.25, -0.2) is 4.79 Å². The number of aromatic nitrogens is 1. The van der Waals surface area contributed by atoms with Crippen LogP contribution in [0.5, 0.6) is 0 Å². The second kappa shape index (κ2) is 9.13. The van der Waals surface area contributed by atoms with Crippen LogP contribution in [0, 0.1) is 0 Å².